The molecule has 4 heteroatoms. The van der Waals surface area contributed by atoms with E-state index in [0.717, 1.165) is 18.8 Å². The summed E-state index contributed by atoms with van der Waals surface area (Å²) in [5, 5.41) is 12.1. The zero-order valence-corrected chi connectivity index (χ0v) is 10.5. The van der Waals surface area contributed by atoms with Gasteiger partial charge in [-0.05, 0) is 35.7 Å². The van der Waals surface area contributed by atoms with Crippen LogP contribution >= 0.6 is 11.3 Å². The Bertz CT molecular complexity index is 419. The quantitative estimate of drug-likeness (QED) is 0.859. The zero-order valence-electron chi connectivity index (χ0n) is 9.68. The summed E-state index contributed by atoms with van der Waals surface area (Å²) in [6.45, 7) is 5.30. The molecule has 2 heterocycles. The molecule has 86 valence electrons. The summed E-state index contributed by atoms with van der Waals surface area (Å²) < 4.78 is 2.02. The second kappa shape index (κ2) is 5.16. The molecule has 1 unspecified atom stereocenters. The number of nitrogens with one attached hydrogen (secondary N) is 1. The molecule has 0 aliphatic heterocycles. The first-order chi connectivity index (χ1) is 7.81. The molecule has 1 atom stereocenters. The lowest BCUT2D eigenvalue weighted by Gasteiger charge is -2.15. The monoisotopic (exact) mass is 235 g/mol. The molecule has 0 aliphatic carbocycles. The number of hydrogen-bond acceptors (Lipinski definition) is 3. The zero-order chi connectivity index (χ0) is 11.4. The Labute approximate surface area is 100 Å². The summed E-state index contributed by atoms with van der Waals surface area (Å²) in [4.78, 5) is 0. The highest BCUT2D eigenvalue weighted by Gasteiger charge is 2.08. The first-order valence-electron chi connectivity index (χ1n) is 5.61. The molecule has 0 spiro atoms. The number of thiophene rings is 1. The van der Waals surface area contributed by atoms with Crippen LogP contribution in [0.2, 0.25) is 0 Å². The van der Waals surface area contributed by atoms with Gasteiger partial charge in [0.05, 0.1) is 12.2 Å². The molecule has 0 aliphatic rings. The lowest BCUT2D eigenvalue weighted by Crippen LogP contribution is -2.11. The molecule has 3 nitrogen and oxygen atoms in total. The van der Waals surface area contributed by atoms with Gasteiger partial charge in [0.15, 0.2) is 0 Å². The van der Waals surface area contributed by atoms with E-state index in [1.165, 1.54) is 5.56 Å². The van der Waals surface area contributed by atoms with Gasteiger partial charge >= 0.3 is 0 Å². The van der Waals surface area contributed by atoms with Crippen molar-refractivity contribution in [1.29, 1.82) is 0 Å². The van der Waals surface area contributed by atoms with E-state index in [1.807, 2.05) is 16.9 Å². The lowest BCUT2D eigenvalue weighted by molar-refractivity contribution is 0.603. The minimum Gasteiger partial charge on any atom is -0.364 e. The van der Waals surface area contributed by atoms with E-state index < -0.39 is 0 Å². The molecule has 0 fully saturated rings. The maximum absolute atomic E-state index is 4.30. The van der Waals surface area contributed by atoms with Gasteiger partial charge in [-0.3, -0.25) is 0 Å². The van der Waals surface area contributed by atoms with Crippen LogP contribution in [0.25, 0.3) is 0 Å². The minimum atomic E-state index is 0.332. The number of nitrogens with zero attached hydrogens (tertiary/aromatic N) is 2. The normalized spacial score (nSPS) is 12.6. The highest BCUT2D eigenvalue weighted by atomic mass is 32.1. The van der Waals surface area contributed by atoms with E-state index >= 15 is 0 Å². The maximum atomic E-state index is 4.30. The van der Waals surface area contributed by atoms with Crippen LogP contribution in [0.3, 0.4) is 0 Å². The minimum absolute atomic E-state index is 0.332. The molecule has 1 N–H and O–H groups in total. The van der Waals surface area contributed by atoms with E-state index in [4.69, 9.17) is 0 Å². The Balaban J connectivity index is 2.06. The van der Waals surface area contributed by atoms with Gasteiger partial charge in [0, 0.05) is 12.6 Å². The molecule has 0 saturated carbocycles. The number of anilines is 1. The summed E-state index contributed by atoms with van der Waals surface area (Å²) in [6.07, 6.45) is 2.95. The van der Waals surface area contributed by atoms with Crippen molar-refractivity contribution >= 4 is 17.2 Å². The first-order valence-corrected chi connectivity index (χ1v) is 6.56. The molecular formula is C12H17N3S. The van der Waals surface area contributed by atoms with E-state index in [2.05, 4.69) is 41.1 Å². The van der Waals surface area contributed by atoms with Crippen LogP contribution in [-0.2, 0) is 6.54 Å². The summed E-state index contributed by atoms with van der Waals surface area (Å²) in [6, 6.07) is 4.51. The molecule has 2 rings (SSSR count). The first kappa shape index (κ1) is 11.2. The number of aryl methyl sites for hydroxylation is 1. The highest BCUT2D eigenvalue weighted by Crippen LogP contribution is 2.20. The molecule has 0 radical (unpaired) electrons. The molecule has 0 bridgehead atoms. The van der Waals surface area contributed by atoms with Gasteiger partial charge in [0.2, 0.25) is 0 Å². The fourth-order valence-corrected chi connectivity index (χ4v) is 2.43. The Hall–Kier alpha value is -1.29. The Kier molecular flexibility index (Phi) is 3.62. The largest absolute Gasteiger partial charge is 0.364 e. The van der Waals surface area contributed by atoms with E-state index in [9.17, 15) is 0 Å². The van der Waals surface area contributed by atoms with Gasteiger partial charge < -0.3 is 5.32 Å². The number of hydrogen-bond donors (Lipinski definition) is 1. The maximum Gasteiger partial charge on any atom is 0.124 e. The van der Waals surface area contributed by atoms with Crippen LogP contribution in [0.15, 0.2) is 29.1 Å². The Morgan fingerprint density at radius 1 is 1.50 bits per heavy atom. The van der Waals surface area contributed by atoms with Gasteiger partial charge in [0.1, 0.15) is 5.82 Å². The summed E-state index contributed by atoms with van der Waals surface area (Å²) in [5.41, 5.74) is 1.33. The highest BCUT2D eigenvalue weighted by molar-refractivity contribution is 7.07. The lowest BCUT2D eigenvalue weighted by atomic mass is 10.2. The van der Waals surface area contributed by atoms with Gasteiger partial charge in [-0.15, -0.1) is 0 Å². The molecule has 0 saturated heterocycles. The van der Waals surface area contributed by atoms with Crippen molar-refractivity contribution in [2.24, 2.45) is 0 Å². The predicted octanol–water partition coefficient (Wildman–Crippen LogP) is 3.53. The van der Waals surface area contributed by atoms with Crippen molar-refractivity contribution in [3.8, 4) is 0 Å². The number of rotatable bonds is 5. The Morgan fingerprint density at radius 2 is 2.38 bits per heavy atom. The summed E-state index contributed by atoms with van der Waals surface area (Å²) >= 11 is 1.73. The summed E-state index contributed by atoms with van der Waals surface area (Å²) in [7, 11) is 0. The van der Waals surface area contributed by atoms with Crippen LogP contribution in [0.4, 0.5) is 5.82 Å². The summed E-state index contributed by atoms with van der Waals surface area (Å²) in [5.74, 6) is 1.10. The molecule has 16 heavy (non-hydrogen) atoms. The van der Waals surface area contributed by atoms with Crippen molar-refractivity contribution in [2.45, 2.75) is 32.9 Å². The second-order valence-electron chi connectivity index (χ2n) is 3.86. The van der Waals surface area contributed by atoms with Crippen molar-refractivity contribution in [3.63, 3.8) is 0 Å². The van der Waals surface area contributed by atoms with Gasteiger partial charge in [0.25, 0.3) is 0 Å². The third-order valence-electron chi connectivity index (χ3n) is 2.56. The van der Waals surface area contributed by atoms with Crippen LogP contribution in [-0.4, -0.2) is 9.78 Å². The van der Waals surface area contributed by atoms with Crippen molar-refractivity contribution in [3.05, 3.63) is 34.7 Å². The average molecular weight is 235 g/mol. The average Bonchev–Trinajstić information content (AvgIpc) is 2.90. The third kappa shape index (κ3) is 2.44. The van der Waals surface area contributed by atoms with Crippen molar-refractivity contribution in [2.75, 3.05) is 5.32 Å². The fraction of sp³-hybridized carbons (Fsp3) is 0.417. The predicted molar refractivity (Wildman–Crippen MR) is 68.9 cm³/mol. The van der Waals surface area contributed by atoms with Gasteiger partial charge in [-0.1, -0.05) is 6.92 Å². The van der Waals surface area contributed by atoms with E-state index in [0.29, 0.717) is 6.04 Å². The van der Waals surface area contributed by atoms with E-state index in [1.54, 1.807) is 11.3 Å². The van der Waals surface area contributed by atoms with E-state index in [-0.39, 0.29) is 0 Å². The molecular weight excluding hydrogens is 218 g/mol. The van der Waals surface area contributed by atoms with Crippen molar-refractivity contribution in [1.82, 2.24) is 9.78 Å². The molecule has 2 aromatic rings. The smallest absolute Gasteiger partial charge is 0.124 e. The van der Waals surface area contributed by atoms with Crippen LogP contribution in [0.5, 0.6) is 0 Å². The SMILES string of the molecule is CCCn1nccc1NC(C)c1ccsc1. The van der Waals surface area contributed by atoms with Crippen molar-refractivity contribution < 1.29 is 0 Å². The number of aromatic nitrogens is 2. The molecule has 0 aromatic carbocycles. The molecule has 0 amide bonds. The molecule has 2 aromatic heterocycles. The van der Waals surface area contributed by atoms with Gasteiger partial charge in [-0.2, -0.15) is 16.4 Å². The topological polar surface area (TPSA) is 29.9 Å². The Morgan fingerprint density at radius 3 is 3.06 bits per heavy atom. The van der Waals surface area contributed by atoms with Gasteiger partial charge in [-0.25, -0.2) is 4.68 Å². The fourth-order valence-electron chi connectivity index (χ4n) is 1.67. The standard InChI is InChI=1S/C12H17N3S/c1-3-7-15-12(4-6-13-15)14-10(2)11-5-8-16-9-11/h4-6,8-10,14H,3,7H2,1-2H3. The van der Waals surface area contributed by atoms with Crippen LogP contribution in [0.1, 0.15) is 31.9 Å². The van der Waals surface area contributed by atoms with Crippen LogP contribution < -0.4 is 5.32 Å². The van der Waals surface area contributed by atoms with Crippen LogP contribution in [0, 0.1) is 0 Å². The second-order valence-corrected chi connectivity index (χ2v) is 4.64. The third-order valence-corrected chi connectivity index (χ3v) is 3.26.